The van der Waals surface area contributed by atoms with E-state index in [4.69, 9.17) is 42.6 Å². The number of likely N-dealkylation sites (tertiary alicyclic amines) is 1. The fraction of sp³-hybridized carbons (Fsp3) is 0.629. The van der Waals surface area contributed by atoms with Crippen LogP contribution in [0.25, 0.3) is 0 Å². The number of anilines is 2. The van der Waals surface area contributed by atoms with Crippen molar-refractivity contribution in [2.75, 3.05) is 42.5 Å². The maximum absolute atomic E-state index is 15.5. The van der Waals surface area contributed by atoms with E-state index in [0.29, 0.717) is 39.7 Å². The van der Waals surface area contributed by atoms with Gasteiger partial charge in [0.2, 0.25) is 5.95 Å². The van der Waals surface area contributed by atoms with E-state index in [9.17, 15) is 19.5 Å². The van der Waals surface area contributed by atoms with Crippen molar-refractivity contribution in [2.24, 2.45) is 0 Å². The van der Waals surface area contributed by atoms with Gasteiger partial charge in [0.25, 0.3) is 5.91 Å². The fourth-order valence-electron chi connectivity index (χ4n) is 6.30. The Balaban J connectivity index is 1.53. The lowest BCUT2D eigenvalue weighted by atomic mass is 9.84. The minimum Gasteiger partial charge on any atom is -0.444 e. The molecule has 0 aliphatic carbocycles. The maximum atomic E-state index is 15.5. The first-order valence-corrected chi connectivity index (χ1v) is 17.9. The Hall–Kier alpha value is -3.49. The predicted octanol–water partition coefficient (Wildman–Crippen LogP) is 6.61. The molecule has 0 saturated carbocycles. The second-order valence-electron chi connectivity index (χ2n) is 15.3. The third kappa shape index (κ3) is 8.77. The van der Waals surface area contributed by atoms with Gasteiger partial charge in [-0.05, 0) is 72.1 Å². The van der Waals surface area contributed by atoms with E-state index >= 15 is 8.78 Å². The minimum atomic E-state index is -3.97. The van der Waals surface area contributed by atoms with E-state index in [2.05, 4.69) is 0 Å². The smallest absolute Gasteiger partial charge is 0.416 e. The molecule has 0 bridgehead atoms. The number of hydrogen-bond donors (Lipinski definition) is 1. The number of halogens is 4. The second-order valence-corrected chi connectivity index (χ2v) is 16.2. The van der Waals surface area contributed by atoms with E-state index in [1.807, 2.05) is 0 Å². The molecular weight excluding hydrogens is 709 g/mol. The molecule has 3 aliphatic heterocycles. The molecule has 0 atom stereocenters. The molecule has 1 N–H and O–H groups in total. The molecular formula is C35H46Cl2F2N6O6. The molecule has 51 heavy (non-hydrogen) atoms. The van der Waals surface area contributed by atoms with E-state index in [1.54, 1.807) is 64.6 Å². The van der Waals surface area contributed by atoms with Gasteiger partial charge in [-0.1, -0.05) is 29.3 Å². The van der Waals surface area contributed by atoms with Gasteiger partial charge in [-0.2, -0.15) is 13.8 Å². The number of carbonyl (C=O) groups excluding carboxylic acids is 3. The Bertz CT molecular complexity index is 1650. The largest absolute Gasteiger partial charge is 0.444 e. The number of aromatic nitrogens is 2. The Labute approximate surface area is 307 Å². The Morgan fingerprint density at radius 3 is 2.14 bits per heavy atom. The van der Waals surface area contributed by atoms with Crippen molar-refractivity contribution in [1.29, 1.82) is 0 Å². The van der Waals surface area contributed by atoms with Crippen LogP contribution >= 0.6 is 23.2 Å². The number of carbonyl (C=O) groups is 3. The summed E-state index contributed by atoms with van der Waals surface area (Å²) < 4.78 is 42.5. The monoisotopic (exact) mass is 754 g/mol. The normalized spacial score (nSPS) is 18.0. The van der Waals surface area contributed by atoms with Gasteiger partial charge in [0, 0.05) is 67.6 Å². The summed E-state index contributed by atoms with van der Waals surface area (Å²) in [5, 5.41) is 11.9. The van der Waals surface area contributed by atoms with Crippen molar-refractivity contribution in [3.63, 3.8) is 0 Å². The number of ether oxygens (including phenoxy) is 2. The molecule has 0 unspecified atom stereocenters. The van der Waals surface area contributed by atoms with Crippen molar-refractivity contribution in [1.82, 2.24) is 19.8 Å². The number of rotatable bonds is 6. The molecule has 0 spiro atoms. The highest BCUT2D eigenvalue weighted by atomic mass is 35.5. The molecule has 1 aromatic heterocycles. The van der Waals surface area contributed by atoms with E-state index in [0.717, 1.165) is 4.90 Å². The second kappa shape index (κ2) is 14.5. The van der Waals surface area contributed by atoms with E-state index in [-0.39, 0.29) is 64.0 Å². The standard InChI is InChI=1S/C35H46Cl2F2N6O6/c1-32(2,3)50-30(47)44-16-11-26-24(21-44)27(45(31(48)51-33(4,5)6)20-22-9-10-23(36)19-25(22)37)41-29(40-26)43-17-12-34(49,13-18-43)35(38,39)28(46)42-14-7-8-15-42/h9-10,19,49H,7-8,11-18,20-21H2,1-6H3. The number of amides is 3. The van der Waals surface area contributed by atoms with E-state index in [1.165, 1.54) is 9.80 Å². The molecule has 2 aromatic rings. The van der Waals surface area contributed by atoms with Gasteiger partial charge < -0.3 is 29.3 Å². The summed E-state index contributed by atoms with van der Waals surface area (Å²) in [6, 6.07) is 4.87. The van der Waals surface area contributed by atoms with Crippen LogP contribution in [0.1, 0.15) is 84.0 Å². The van der Waals surface area contributed by atoms with Gasteiger partial charge >= 0.3 is 18.1 Å². The summed E-state index contributed by atoms with van der Waals surface area (Å²) in [5.41, 5.74) is -2.65. The van der Waals surface area contributed by atoms with Crippen molar-refractivity contribution >= 4 is 53.1 Å². The van der Waals surface area contributed by atoms with Crippen LogP contribution in [0.5, 0.6) is 0 Å². The van der Waals surface area contributed by atoms with Gasteiger partial charge in [-0.25, -0.2) is 14.6 Å². The van der Waals surface area contributed by atoms with Crippen LogP contribution < -0.4 is 9.80 Å². The Morgan fingerprint density at radius 2 is 1.55 bits per heavy atom. The van der Waals surface area contributed by atoms with Crippen molar-refractivity contribution < 1.29 is 37.7 Å². The highest BCUT2D eigenvalue weighted by Crippen LogP contribution is 2.41. The van der Waals surface area contributed by atoms with Crippen LogP contribution in [0, 0.1) is 0 Å². The first-order chi connectivity index (χ1) is 23.7. The topological polar surface area (TPSA) is 129 Å². The first kappa shape index (κ1) is 38.7. The summed E-state index contributed by atoms with van der Waals surface area (Å²) in [4.78, 5) is 55.2. The highest BCUT2D eigenvalue weighted by Gasteiger charge is 2.60. The molecule has 3 amide bonds. The molecule has 0 radical (unpaired) electrons. The average Bonchev–Trinajstić information content (AvgIpc) is 3.57. The van der Waals surface area contributed by atoms with Gasteiger partial charge in [-0.3, -0.25) is 9.69 Å². The SMILES string of the molecule is CC(C)(C)OC(=O)N1CCc2nc(N3CCC(O)(C(F)(F)C(=O)N4CCCC4)CC3)nc(N(Cc3ccc(Cl)cc3Cl)C(=O)OC(C)(C)C)c2C1. The Kier molecular flexibility index (Phi) is 11.0. The van der Waals surface area contributed by atoms with Gasteiger partial charge in [-0.15, -0.1) is 0 Å². The lowest BCUT2D eigenvalue weighted by Crippen LogP contribution is -2.61. The predicted molar refractivity (Wildman–Crippen MR) is 188 cm³/mol. The van der Waals surface area contributed by atoms with Crippen LogP contribution in [0.4, 0.5) is 30.1 Å². The molecule has 280 valence electrons. The zero-order valence-corrected chi connectivity index (χ0v) is 31.4. The number of piperidine rings is 1. The zero-order valence-electron chi connectivity index (χ0n) is 29.9. The van der Waals surface area contributed by atoms with Gasteiger partial charge in [0.15, 0.2) is 0 Å². The molecule has 4 heterocycles. The van der Waals surface area contributed by atoms with Crippen LogP contribution in [0.15, 0.2) is 18.2 Å². The number of benzene rings is 1. The van der Waals surface area contributed by atoms with Crippen LogP contribution in [0.2, 0.25) is 10.0 Å². The molecule has 5 rings (SSSR count). The van der Waals surface area contributed by atoms with Crippen LogP contribution in [-0.2, 0) is 33.8 Å². The zero-order chi connectivity index (χ0) is 37.5. The number of nitrogens with zero attached hydrogens (tertiary/aromatic N) is 6. The van der Waals surface area contributed by atoms with Gasteiger partial charge in [0.05, 0.1) is 18.8 Å². The Morgan fingerprint density at radius 1 is 0.922 bits per heavy atom. The highest BCUT2D eigenvalue weighted by molar-refractivity contribution is 6.35. The number of fused-ring (bicyclic) bond motifs is 1. The third-order valence-electron chi connectivity index (χ3n) is 9.01. The lowest BCUT2D eigenvalue weighted by Gasteiger charge is -2.43. The lowest BCUT2D eigenvalue weighted by molar-refractivity contribution is -0.206. The molecule has 1 aromatic carbocycles. The maximum Gasteiger partial charge on any atom is 0.416 e. The summed E-state index contributed by atoms with van der Waals surface area (Å²) >= 11 is 12.7. The van der Waals surface area contributed by atoms with Gasteiger partial charge in [0.1, 0.15) is 22.6 Å². The molecule has 12 nitrogen and oxygen atoms in total. The third-order valence-corrected chi connectivity index (χ3v) is 9.60. The summed E-state index contributed by atoms with van der Waals surface area (Å²) in [7, 11) is 0. The van der Waals surface area contributed by atoms with Crippen molar-refractivity contribution in [3.8, 4) is 0 Å². The summed E-state index contributed by atoms with van der Waals surface area (Å²) in [5.74, 6) is -5.05. The number of alkyl halides is 2. The summed E-state index contributed by atoms with van der Waals surface area (Å²) in [6.07, 6.45) is -0.565. The molecule has 2 saturated heterocycles. The quantitative estimate of drug-likeness (QED) is 0.347. The number of hydrogen-bond acceptors (Lipinski definition) is 9. The van der Waals surface area contributed by atoms with Crippen LogP contribution in [0.3, 0.4) is 0 Å². The molecule has 16 heteroatoms. The average molecular weight is 756 g/mol. The first-order valence-electron chi connectivity index (χ1n) is 17.1. The minimum absolute atomic E-state index is 0.0120. The van der Waals surface area contributed by atoms with Crippen molar-refractivity contribution in [2.45, 2.75) is 109 Å². The van der Waals surface area contributed by atoms with Crippen molar-refractivity contribution in [3.05, 3.63) is 45.1 Å². The van der Waals surface area contributed by atoms with E-state index < -0.39 is 53.7 Å². The molecule has 2 fully saturated rings. The number of aliphatic hydroxyl groups is 1. The fourth-order valence-corrected chi connectivity index (χ4v) is 6.77. The van der Waals surface area contributed by atoms with Crippen LogP contribution in [-0.4, -0.2) is 98.4 Å². The summed E-state index contributed by atoms with van der Waals surface area (Å²) in [6.45, 7) is 11.0. The molecule has 3 aliphatic rings.